The Labute approximate surface area is 68.2 Å². The van der Waals surface area contributed by atoms with E-state index in [9.17, 15) is 9.11 Å². The van der Waals surface area contributed by atoms with Crippen molar-refractivity contribution in [2.45, 2.75) is 11.8 Å². The van der Waals surface area contributed by atoms with Gasteiger partial charge in [0, 0.05) is 6.26 Å². The highest BCUT2D eigenvalue weighted by molar-refractivity contribution is 8.23. The van der Waals surface area contributed by atoms with Crippen molar-refractivity contribution in [3.63, 3.8) is 0 Å². The molecule has 0 saturated carbocycles. The molecule has 1 aromatic rings. The van der Waals surface area contributed by atoms with E-state index in [-0.39, 0.29) is 0 Å². The van der Waals surface area contributed by atoms with Gasteiger partial charge in [0.15, 0.2) is 0 Å². The molecule has 0 aliphatic rings. The van der Waals surface area contributed by atoms with Crippen LogP contribution in [0.15, 0.2) is 29.2 Å². The van der Waals surface area contributed by atoms with Crippen LogP contribution >= 0.6 is 10.6 Å². The lowest BCUT2D eigenvalue weighted by Gasteiger charge is -2.26. The standard InChI is InChI=1S/C8H12O2S/c1-7-3-5-8(6-4-7)11(2,9)10/h3-6,9-10H,1-2H3. The summed E-state index contributed by atoms with van der Waals surface area (Å²) in [5.41, 5.74) is 1.12. The minimum absolute atomic E-state index is 0.600. The molecule has 0 aromatic heterocycles. The molecular formula is C8H12O2S. The van der Waals surface area contributed by atoms with E-state index in [1.165, 1.54) is 6.26 Å². The Bertz CT molecular complexity index is 235. The fraction of sp³-hybridized carbons (Fsp3) is 0.250. The summed E-state index contributed by atoms with van der Waals surface area (Å²) in [6.45, 7) is 1.96. The van der Waals surface area contributed by atoms with Crippen LogP contribution in [0.25, 0.3) is 0 Å². The average molecular weight is 172 g/mol. The third-order valence-electron chi connectivity index (χ3n) is 1.47. The van der Waals surface area contributed by atoms with Gasteiger partial charge in [0.05, 0.1) is 4.90 Å². The second kappa shape index (κ2) is 2.85. The Morgan fingerprint density at radius 1 is 1.09 bits per heavy atom. The second-order valence-corrected chi connectivity index (χ2v) is 4.78. The summed E-state index contributed by atoms with van der Waals surface area (Å²) in [7, 11) is -2.52. The van der Waals surface area contributed by atoms with E-state index in [0.717, 1.165) is 5.56 Å². The van der Waals surface area contributed by atoms with E-state index in [0.29, 0.717) is 4.90 Å². The van der Waals surface area contributed by atoms with Gasteiger partial charge in [-0.3, -0.25) is 9.11 Å². The molecule has 1 rings (SSSR count). The number of hydrogen-bond donors (Lipinski definition) is 2. The molecule has 1 aromatic carbocycles. The minimum atomic E-state index is -2.52. The largest absolute Gasteiger partial charge is 0.295 e. The zero-order valence-corrected chi connectivity index (χ0v) is 7.43. The molecule has 0 saturated heterocycles. The maximum Gasteiger partial charge on any atom is 0.0580 e. The molecule has 0 amide bonds. The second-order valence-electron chi connectivity index (χ2n) is 2.65. The molecule has 0 fully saturated rings. The molecule has 0 radical (unpaired) electrons. The number of rotatable bonds is 1. The van der Waals surface area contributed by atoms with Gasteiger partial charge >= 0.3 is 0 Å². The predicted molar refractivity (Wildman–Crippen MR) is 48.2 cm³/mol. The zero-order chi connectivity index (χ0) is 8.48. The van der Waals surface area contributed by atoms with Gasteiger partial charge in [-0.25, -0.2) is 0 Å². The minimum Gasteiger partial charge on any atom is -0.295 e. The van der Waals surface area contributed by atoms with Crippen LogP contribution in [0.2, 0.25) is 0 Å². The van der Waals surface area contributed by atoms with Crippen molar-refractivity contribution in [3.05, 3.63) is 29.8 Å². The predicted octanol–water partition coefficient (Wildman–Crippen LogP) is 2.73. The smallest absolute Gasteiger partial charge is 0.0580 e. The highest BCUT2D eigenvalue weighted by Crippen LogP contribution is 2.43. The first-order valence-corrected chi connectivity index (χ1v) is 5.25. The van der Waals surface area contributed by atoms with E-state index in [1.807, 2.05) is 19.1 Å². The van der Waals surface area contributed by atoms with Gasteiger partial charge in [0.25, 0.3) is 0 Å². The van der Waals surface area contributed by atoms with Crippen LogP contribution in [0.1, 0.15) is 5.56 Å². The van der Waals surface area contributed by atoms with E-state index in [4.69, 9.17) is 0 Å². The highest BCUT2D eigenvalue weighted by atomic mass is 32.3. The Kier molecular flexibility index (Phi) is 2.23. The molecule has 3 heteroatoms. The topological polar surface area (TPSA) is 40.5 Å². The van der Waals surface area contributed by atoms with Crippen LogP contribution in [-0.4, -0.2) is 15.4 Å². The molecule has 0 atom stereocenters. The van der Waals surface area contributed by atoms with Gasteiger partial charge in [-0.15, -0.1) is 0 Å². The number of benzene rings is 1. The van der Waals surface area contributed by atoms with E-state index >= 15 is 0 Å². The lowest BCUT2D eigenvalue weighted by atomic mass is 10.2. The fourth-order valence-electron chi connectivity index (χ4n) is 0.796. The molecule has 0 spiro atoms. The number of hydrogen-bond acceptors (Lipinski definition) is 2. The Morgan fingerprint density at radius 2 is 1.55 bits per heavy atom. The van der Waals surface area contributed by atoms with Crippen LogP contribution in [0, 0.1) is 6.92 Å². The summed E-state index contributed by atoms with van der Waals surface area (Å²) in [4.78, 5) is 0.600. The molecule has 2 N–H and O–H groups in total. The normalized spacial score (nSPS) is 13.1. The van der Waals surface area contributed by atoms with Gasteiger partial charge in [-0.05, 0) is 19.1 Å². The van der Waals surface area contributed by atoms with Crippen molar-refractivity contribution in [2.75, 3.05) is 6.26 Å². The summed E-state index contributed by atoms with van der Waals surface area (Å²) in [5.74, 6) is 0. The number of aryl methyl sites for hydroxylation is 1. The van der Waals surface area contributed by atoms with Crippen molar-refractivity contribution < 1.29 is 9.11 Å². The van der Waals surface area contributed by atoms with Crippen molar-refractivity contribution in [3.8, 4) is 0 Å². The summed E-state index contributed by atoms with van der Waals surface area (Å²) in [6, 6.07) is 7.22. The molecule has 2 nitrogen and oxygen atoms in total. The summed E-state index contributed by atoms with van der Waals surface area (Å²) in [5, 5.41) is 0. The molecule has 0 aliphatic carbocycles. The van der Waals surface area contributed by atoms with E-state index in [2.05, 4.69) is 0 Å². The first-order chi connectivity index (χ1) is 5.00. The van der Waals surface area contributed by atoms with Crippen LogP contribution < -0.4 is 0 Å². The van der Waals surface area contributed by atoms with Crippen molar-refractivity contribution in [1.82, 2.24) is 0 Å². The van der Waals surface area contributed by atoms with Crippen LogP contribution in [0.4, 0.5) is 0 Å². The van der Waals surface area contributed by atoms with E-state index < -0.39 is 10.6 Å². The monoisotopic (exact) mass is 172 g/mol. The average Bonchev–Trinajstić information content (AvgIpc) is 1.86. The third-order valence-corrected chi connectivity index (χ3v) is 2.63. The van der Waals surface area contributed by atoms with E-state index in [1.54, 1.807) is 12.1 Å². The van der Waals surface area contributed by atoms with Crippen LogP contribution in [0.5, 0.6) is 0 Å². The maximum atomic E-state index is 9.22. The van der Waals surface area contributed by atoms with Gasteiger partial charge in [-0.2, -0.15) is 10.6 Å². The maximum absolute atomic E-state index is 9.22. The molecule has 0 aliphatic heterocycles. The lowest BCUT2D eigenvalue weighted by molar-refractivity contribution is 0.495. The summed E-state index contributed by atoms with van der Waals surface area (Å²) >= 11 is 0. The lowest BCUT2D eigenvalue weighted by Crippen LogP contribution is -1.93. The Balaban J connectivity index is 2.99. The SMILES string of the molecule is Cc1ccc(S(C)(O)O)cc1. The van der Waals surface area contributed by atoms with Crippen molar-refractivity contribution in [1.29, 1.82) is 0 Å². The quantitative estimate of drug-likeness (QED) is 0.683. The highest BCUT2D eigenvalue weighted by Gasteiger charge is 2.06. The fourth-order valence-corrected chi connectivity index (χ4v) is 1.45. The Morgan fingerprint density at radius 3 is 1.91 bits per heavy atom. The van der Waals surface area contributed by atoms with Gasteiger partial charge in [0.1, 0.15) is 0 Å². The first kappa shape index (κ1) is 8.59. The first-order valence-electron chi connectivity index (χ1n) is 3.30. The van der Waals surface area contributed by atoms with Gasteiger partial charge in [0.2, 0.25) is 0 Å². The van der Waals surface area contributed by atoms with Gasteiger partial charge < -0.3 is 0 Å². The van der Waals surface area contributed by atoms with Crippen LogP contribution in [0.3, 0.4) is 0 Å². The Hall–Kier alpha value is -0.510. The zero-order valence-electron chi connectivity index (χ0n) is 6.61. The van der Waals surface area contributed by atoms with Gasteiger partial charge in [-0.1, -0.05) is 17.7 Å². The third kappa shape index (κ3) is 2.22. The molecule has 0 heterocycles. The van der Waals surface area contributed by atoms with Crippen LogP contribution in [-0.2, 0) is 0 Å². The van der Waals surface area contributed by atoms with Crippen molar-refractivity contribution >= 4 is 10.6 Å². The molecule has 0 unspecified atom stereocenters. The molecule has 62 valence electrons. The summed E-state index contributed by atoms with van der Waals surface area (Å²) < 4.78 is 18.4. The molecule has 11 heavy (non-hydrogen) atoms. The molecule has 0 bridgehead atoms. The molecular weight excluding hydrogens is 160 g/mol. The van der Waals surface area contributed by atoms with Crippen molar-refractivity contribution in [2.24, 2.45) is 0 Å². The summed E-state index contributed by atoms with van der Waals surface area (Å²) in [6.07, 6.45) is 1.43.